The molecule has 8 heteroatoms. The molecule has 0 spiro atoms. The Morgan fingerprint density at radius 1 is 1.22 bits per heavy atom. The maximum absolute atomic E-state index is 13.0. The van der Waals surface area contributed by atoms with Crippen molar-refractivity contribution in [3.63, 3.8) is 0 Å². The third-order valence-electron chi connectivity index (χ3n) is 4.27. The van der Waals surface area contributed by atoms with Gasteiger partial charge in [0.1, 0.15) is 5.75 Å². The Bertz CT molecular complexity index is 914. The smallest absolute Gasteiger partial charge is 0.264 e. The van der Waals surface area contributed by atoms with Crippen LogP contribution in [-0.4, -0.2) is 34.5 Å². The number of carbonyl (C=O) groups is 1. The van der Waals surface area contributed by atoms with Crippen LogP contribution in [0.25, 0.3) is 0 Å². The number of hydrogen-bond donors (Lipinski definition) is 1. The standard InChI is InChI=1S/C19H23ClN2O4S/c1-5-13(2)21-19(23)17-12-16(10-11-18(17)20)27(24,25)22(3)14-6-8-15(26-4)9-7-14/h6-13H,5H2,1-4H3,(H,21,23). The summed E-state index contributed by atoms with van der Waals surface area (Å²) in [7, 11) is -0.879. The number of hydrogen-bond acceptors (Lipinski definition) is 4. The molecule has 0 radical (unpaired) electrons. The molecule has 0 fully saturated rings. The van der Waals surface area contributed by atoms with E-state index in [0.29, 0.717) is 11.4 Å². The Balaban J connectivity index is 2.37. The summed E-state index contributed by atoms with van der Waals surface area (Å²) in [6.07, 6.45) is 0.752. The van der Waals surface area contributed by atoms with Crippen molar-refractivity contribution in [3.05, 3.63) is 53.1 Å². The second-order valence-electron chi connectivity index (χ2n) is 6.09. The molecule has 2 aromatic carbocycles. The molecule has 0 aromatic heterocycles. The number of sulfonamides is 1. The molecule has 0 aliphatic heterocycles. The fourth-order valence-corrected chi connectivity index (χ4v) is 3.76. The Morgan fingerprint density at radius 3 is 2.41 bits per heavy atom. The van der Waals surface area contributed by atoms with E-state index in [4.69, 9.17) is 16.3 Å². The minimum atomic E-state index is -3.86. The van der Waals surface area contributed by atoms with Crippen LogP contribution in [0.5, 0.6) is 5.75 Å². The molecule has 1 amide bonds. The first-order chi connectivity index (χ1) is 12.7. The van der Waals surface area contributed by atoms with E-state index in [-0.39, 0.29) is 21.5 Å². The van der Waals surface area contributed by atoms with Gasteiger partial charge in [0.2, 0.25) is 0 Å². The fourth-order valence-electron chi connectivity index (χ4n) is 2.33. The Morgan fingerprint density at radius 2 is 1.85 bits per heavy atom. The Labute approximate surface area is 165 Å². The van der Waals surface area contributed by atoms with Gasteiger partial charge >= 0.3 is 0 Å². The zero-order valence-electron chi connectivity index (χ0n) is 15.7. The van der Waals surface area contributed by atoms with Crippen molar-refractivity contribution >= 4 is 33.2 Å². The van der Waals surface area contributed by atoms with E-state index in [0.717, 1.165) is 10.7 Å². The van der Waals surface area contributed by atoms with Crippen LogP contribution in [0.15, 0.2) is 47.4 Å². The SMILES string of the molecule is CCC(C)NC(=O)c1cc(S(=O)(=O)N(C)c2ccc(OC)cc2)ccc1Cl. The quantitative estimate of drug-likeness (QED) is 0.755. The summed E-state index contributed by atoms with van der Waals surface area (Å²) in [5, 5.41) is 2.99. The number of rotatable bonds is 7. The third kappa shape index (κ3) is 4.73. The average molecular weight is 411 g/mol. The van der Waals surface area contributed by atoms with Gasteiger partial charge in [0.25, 0.3) is 15.9 Å². The van der Waals surface area contributed by atoms with Crippen LogP contribution >= 0.6 is 11.6 Å². The number of amides is 1. The van der Waals surface area contributed by atoms with Crippen LogP contribution in [0.3, 0.4) is 0 Å². The molecule has 0 heterocycles. The highest BCUT2D eigenvalue weighted by molar-refractivity contribution is 7.92. The fraction of sp³-hybridized carbons (Fsp3) is 0.316. The second kappa shape index (κ2) is 8.63. The van der Waals surface area contributed by atoms with E-state index < -0.39 is 15.9 Å². The van der Waals surface area contributed by atoms with Crippen molar-refractivity contribution in [1.82, 2.24) is 5.32 Å². The molecule has 1 unspecified atom stereocenters. The number of methoxy groups -OCH3 is 1. The van der Waals surface area contributed by atoms with Crippen molar-refractivity contribution < 1.29 is 17.9 Å². The first-order valence-corrected chi connectivity index (χ1v) is 10.3. The van der Waals surface area contributed by atoms with Crippen molar-refractivity contribution in [3.8, 4) is 5.75 Å². The van der Waals surface area contributed by atoms with Crippen LogP contribution in [0.4, 0.5) is 5.69 Å². The molecule has 1 atom stereocenters. The molecule has 146 valence electrons. The van der Waals surface area contributed by atoms with Gasteiger partial charge in [-0.25, -0.2) is 8.42 Å². The molecular weight excluding hydrogens is 388 g/mol. The summed E-state index contributed by atoms with van der Waals surface area (Å²) < 4.78 is 32.2. The highest BCUT2D eigenvalue weighted by Crippen LogP contribution is 2.27. The monoisotopic (exact) mass is 410 g/mol. The number of halogens is 1. The van der Waals surface area contributed by atoms with Gasteiger partial charge in [-0.1, -0.05) is 18.5 Å². The van der Waals surface area contributed by atoms with E-state index in [9.17, 15) is 13.2 Å². The summed E-state index contributed by atoms with van der Waals surface area (Å²) in [5.41, 5.74) is 0.595. The number of nitrogens with zero attached hydrogens (tertiary/aromatic N) is 1. The molecular formula is C19H23ClN2O4S. The maximum atomic E-state index is 13.0. The molecule has 6 nitrogen and oxygen atoms in total. The first-order valence-electron chi connectivity index (χ1n) is 8.44. The van der Waals surface area contributed by atoms with E-state index in [2.05, 4.69) is 5.32 Å². The lowest BCUT2D eigenvalue weighted by Crippen LogP contribution is -2.32. The number of anilines is 1. The van der Waals surface area contributed by atoms with Gasteiger partial charge in [-0.15, -0.1) is 0 Å². The van der Waals surface area contributed by atoms with Crippen molar-refractivity contribution in [2.24, 2.45) is 0 Å². The lowest BCUT2D eigenvalue weighted by Gasteiger charge is -2.20. The minimum Gasteiger partial charge on any atom is -0.497 e. The minimum absolute atomic E-state index is 0.0143. The number of nitrogens with one attached hydrogen (secondary N) is 1. The zero-order chi connectivity index (χ0) is 20.2. The molecule has 27 heavy (non-hydrogen) atoms. The van der Waals surface area contributed by atoms with Crippen molar-refractivity contribution in [2.75, 3.05) is 18.5 Å². The van der Waals surface area contributed by atoms with E-state index in [1.807, 2.05) is 13.8 Å². The lowest BCUT2D eigenvalue weighted by atomic mass is 10.2. The molecule has 2 aromatic rings. The highest BCUT2D eigenvalue weighted by atomic mass is 35.5. The topological polar surface area (TPSA) is 75.7 Å². The predicted octanol–water partition coefficient (Wildman–Crippen LogP) is 3.70. The van der Waals surface area contributed by atoms with E-state index in [1.165, 1.54) is 32.4 Å². The summed E-state index contributed by atoms with van der Waals surface area (Å²) >= 11 is 6.11. The summed E-state index contributed by atoms with van der Waals surface area (Å²) in [5.74, 6) is 0.221. The normalized spacial score (nSPS) is 12.3. The summed E-state index contributed by atoms with van der Waals surface area (Å²) in [6.45, 7) is 3.81. The van der Waals surface area contributed by atoms with Crippen LogP contribution in [0.2, 0.25) is 5.02 Å². The van der Waals surface area contributed by atoms with Crippen LogP contribution < -0.4 is 14.4 Å². The van der Waals surface area contributed by atoms with Crippen LogP contribution in [-0.2, 0) is 10.0 Å². The summed E-state index contributed by atoms with van der Waals surface area (Å²) in [4.78, 5) is 12.4. The third-order valence-corrected chi connectivity index (χ3v) is 6.38. The van der Waals surface area contributed by atoms with Gasteiger partial charge in [-0.3, -0.25) is 9.10 Å². The van der Waals surface area contributed by atoms with Gasteiger partial charge in [-0.05, 0) is 55.8 Å². The number of ether oxygens (including phenoxy) is 1. The number of carbonyl (C=O) groups excluding carboxylic acids is 1. The molecule has 0 bridgehead atoms. The zero-order valence-corrected chi connectivity index (χ0v) is 17.3. The van der Waals surface area contributed by atoms with Gasteiger partial charge in [0.15, 0.2) is 0 Å². The van der Waals surface area contributed by atoms with Gasteiger partial charge in [0, 0.05) is 13.1 Å². The van der Waals surface area contributed by atoms with Gasteiger partial charge in [-0.2, -0.15) is 0 Å². The molecule has 0 saturated carbocycles. The highest BCUT2D eigenvalue weighted by Gasteiger charge is 2.24. The second-order valence-corrected chi connectivity index (χ2v) is 8.47. The van der Waals surface area contributed by atoms with E-state index >= 15 is 0 Å². The van der Waals surface area contributed by atoms with Crippen molar-refractivity contribution in [1.29, 1.82) is 0 Å². The average Bonchev–Trinajstić information content (AvgIpc) is 2.67. The van der Waals surface area contributed by atoms with Crippen molar-refractivity contribution in [2.45, 2.75) is 31.2 Å². The predicted molar refractivity (Wildman–Crippen MR) is 107 cm³/mol. The number of benzene rings is 2. The largest absolute Gasteiger partial charge is 0.497 e. The Kier molecular flexibility index (Phi) is 6.73. The molecule has 0 aliphatic rings. The summed E-state index contributed by atoms with van der Waals surface area (Å²) in [6, 6.07) is 10.7. The van der Waals surface area contributed by atoms with E-state index in [1.54, 1.807) is 24.3 Å². The van der Waals surface area contributed by atoms with Crippen LogP contribution in [0, 0.1) is 0 Å². The lowest BCUT2D eigenvalue weighted by molar-refractivity contribution is 0.0939. The molecule has 1 N–H and O–H groups in total. The first kappa shape index (κ1) is 21.1. The molecule has 0 saturated heterocycles. The molecule has 2 rings (SSSR count). The van der Waals surface area contributed by atoms with Crippen LogP contribution in [0.1, 0.15) is 30.6 Å². The van der Waals surface area contributed by atoms with Gasteiger partial charge < -0.3 is 10.1 Å². The maximum Gasteiger partial charge on any atom is 0.264 e. The Hall–Kier alpha value is -2.25. The molecule has 0 aliphatic carbocycles. The van der Waals surface area contributed by atoms with Gasteiger partial charge in [0.05, 0.1) is 28.3 Å².